The van der Waals surface area contributed by atoms with Crippen LogP contribution in [0.15, 0.2) is 164 Å². The largest absolute Gasteiger partial charge is 0.456 e. The molecule has 2 heteroatoms. The highest BCUT2D eigenvalue weighted by Gasteiger charge is 2.22. The van der Waals surface area contributed by atoms with Gasteiger partial charge in [0.05, 0.1) is 11.0 Å². The van der Waals surface area contributed by atoms with E-state index >= 15 is 0 Å². The zero-order valence-corrected chi connectivity index (χ0v) is 24.9. The van der Waals surface area contributed by atoms with Gasteiger partial charge in [-0.25, -0.2) is 0 Å². The first kappa shape index (κ1) is 25.2. The Morgan fingerprint density at radius 2 is 1.00 bits per heavy atom. The van der Waals surface area contributed by atoms with E-state index in [1.807, 2.05) is 12.1 Å². The molecule has 0 aliphatic carbocycles. The molecule has 0 N–H and O–H groups in total. The lowest BCUT2D eigenvalue weighted by atomic mass is 9.90. The van der Waals surface area contributed by atoms with E-state index in [0.29, 0.717) is 0 Å². The predicted molar refractivity (Wildman–Crippen MR) is 192 cm³/mol. The topological polar surface area (TPSA) is 14.2 Å². The number of aromatic nitrogens is 1. The molecule has 8 aromatic carbocycles. The van der Waals surface area contributed by atoms with Crippen molar-refractivity contribution < 1.29 is 4.74 Å². The van der Waals surface area contributed by atoms with E-state index < -0.39 is 0 Å². The molecule has 1 aromatic heterocycles. The Labute approximate surface area is 266 Å². The highest BCUT2D eigenvalue weighted by Crippen LogP contribution is 2.48. The van der Waals surface area contributed by atoms with Gasteiger partial charge >= 0.3 is 0 Å². The lowest BCUT2D eigenvalue weighted by Gasteiger charge is -2.22. The van der Waals surface area contributed by atoms with E-state index in [1.54, 1.807) is 0 Å². The van der Waals surface area contributed by atoms with Crippen LogP contribution in [-0.4, -0.2) is 4.57 Å². The molecule has 10 rings (SSSR count). The predicted octanol–water partition coefficient (Wildman–Crippen LogP) is 12.2. The quantitative estimate of drug-likeness (QED) is 0.201. The third-order valence-electron chi connectivity index (χ3n) is 9.59. The molecule has 2 nitrogen and oxygen atoms in total. The smallest absolute Gasteiger partial charge is 0.135 e. The van der Waals surface area contributed by atoms with Crippen LogP contribution < -0.4 is 4.74 Å². The molecule has 0 saturated carbocycles. The second kappa shape index (κ2) is 9.69. The Balaban J connectivity index is 1.17. The van der Waals surface area contributed by atoms with E-state index in [9.17, 15) is 0 Å². The Kier molecular flexibility index (Phi) is 5.31. The van der Waals surface area contributed by atoms with E-state index in [0.717, 1.165) is 22.7 Å². The summed E-state index contributed by atoms with van der Waals surface area (Å²) in [6.07, 6.45) is 0. The van der Waals surface area contributed by atoms with Crippen molar-refractivity contribution in [1.29, 1.82) is 0 Å². The van der Waals surface area contributed by atoms with Crippen molar-refractivity contribution in [3.63, 3.8) is 0 Å². The molecule has 0 spiro atoms. The lowest BCUT2D eigenvalue weighted by Crippen LogP contribution is -1.97. The lowest BCUT2D eigenvalue weighted by molar-refractivity contribution is 0.487. The van der Waals surface area contributed by atoms with Crippen molar-refractivity contribution in [2.24, 2.45) is 0 Å². The SMILES string of the molecule is c1ccc(-n2c3c(-c4ccc(-c5ccc6c7c(cccc57)-c5ccccc5O6)cc4)cccc3c3ccc4ccccc4c32)cc1. The zero-order valence-electron chi connectivity index (χ0n) is 24.9. The number of para-hydroxylation sites is 3. The van der Waals surface area contributed by atoms with E-state index in [4.69, 9.17) is 4.74 Å². The normalized spacial score (nSPS) is 12.1. The number of hydrogen-bond donors (Lipinski definition) is 0. The van der Waals surface area contributed by atoms with Gasteiger partial charge in [0, 0.05) is 38.4 Å². The molecule has 0 bridgehead atoms. The van der Waals surface area contributed by atoms with Crippen molar-refractivity contribution in [3.8, 4) is 50.6 Å². The Morgan fingerprint density at radius 1 is 0.348 bits per heavy atom. The molecule has 1 aliphatic heterocycles. The number of hydrogen-bond acceptors (Lipinski definition) is 1. The van der Waals surface area contributed by atoms with Gasteiger partial charge in [0.2, 0.25) is 0 Å². The van der Waals surface area contributed by atoms with Gasteiger partial charge in [0.1, 0.15) is 11.5 Å². The first-order valence-electron chi connectivity index (χ1n) is 15.8. The molecule has 0 fully saturated rings. The molecule has 0 amide bonds. The van der Waals surface area contributed by atoms with Crippen LogP contribution in [0.4, 0.5) is 0 Å². The fourth-order valence-corrected chi connectivity index (χ4v) is 7.56. The summed E-state index contributed by atoms with van der Waals surface area (Å²) < 4.78 is 8.81. The minimum absolute atomic E-state index is 0.912. The average Bonchev–Trinajstić information content (AvgIpc) is 3.48. The molecule has 0 unspecified atom stereocenters. The summed E-state index contributed by atoms with van der Waals surface area (Å²) in [4.78, 5) is 0. The van der Waals surface area contributed by atoms with Gasteiger partial charge in [-0.3, -0.25) is 0 Å². The average molecular weight is 586 g/mol. The fraction of sp³-hybridized carbons (Fsp3) is 0. The molecule has 0 saturated heterocycles. The highest BCUT2D eigenvalue weighted by molar-refractivity contribution is 6.21. The van der Waals surface area contributed by atoms with Gasteiger partial charge in [0.25, 0.3) is 0 Å². The molecular weight excluding hydrogens is 558 g/mol. The number of ether oxygens (including phenoxy) is 1. The van der Waals surface area contributed by atoms with Crippen LogP contribution in [0.25, 0.3) is 82.4 Å². The van der Waals surface area contributed by atoms with Gasteiger partial charge < -0.3 is 9.30 Å². The summed E-state index contributed by atoms with van der Waals surface area (Å²) in [5, 5.41) is 7.41. The minimum atomic E-state index is 0.912. The van der Waals surface area contributed by atoms with Crippen LogP contribution in [0.3, 0.4) is 0 Å². The maximum absolute atomic E-state index is 6.36. The van der Waals surface area contributed by atoms with Crippen LogP contribution in [0.1, 0.15) is 0 Å². The Bertz CT molecular complexity index is 2650. The van der Waals surface area contributed by atoms with E-state index in [-0.39, 0.29) is 0 Å². The zero-order chi connectivity index (χ0) is 30.2. The Morgan fingerprint density at radius 3 is 1.87 bits per heavy atom. The molecular formula is C44H27NO. The standard InChI is InChI=1S/C44H27NO/c1-2-11-31(12-3-1)45-43-34(15-8-18-38(43)39-25-24-28-10-4-5-13-33(28)44(39)45)30-22-20-29(21-23-30)32-26-27-41-42-36(32)16-9-17-37(42)35-14-6-7-19-40(35)46-41/h1-27H. The van der Waals surface area contributed by atoms with Crippen molar-refractivity contribution in [1.82, 2.24) is 4.57 Å². The maximum atomic E-state index is 6.36. The molecule has 1 aliphatic rings. The fourth-order valence-electron chi connectivity index (χ4n) is 7.56. The van der Waals surface area contributed by atoms with Crippen LogP contribution >= 0.6 is 0 Å². The van der Waals surface area contributed by atoms with Crippen LogP contribution in [-0.2, 0) is 0 Å². The van der Waals surface area contributed by atoms with Crippen molar-refractivity contribution in [2.45, 2.75) is 0 Å². The maximum Gasteiger partial charge on any atom is 0.135 e. The summed E-state index contributed by atoms with van der Waals surface area (Å²) in [6.45, 7) is 0. The first-order valence-corrected chi connectivity index (χ1v) is 15.8. The Hall–Kier alpha value is -6.12. The van der Waals surface area contributed by atoms with Gasteiger partial charge in [-0.1, -0.05) is 140 Å². The summed E-state index contributed by atoms with van der Waals surface area (Å²) in [5.41, 5.74) is 10.8. The third kappa shape index (κ3) is 3.59. The van der Waals surface area contributed by atoms with Gasteiger partial charge in [-0.2, -0.15) is 0 Å². The van der Waals surface area contributed by atoms with Gasteiger partial charge in [-0.15, -0.1) is 0 Å². The monoisotopic (exact) mass is 585 g/mol. The highest BCUT2D eigenvalue weighted by atomic mass is 16.5. The molecule has 0 radical (unpaired) electrons. The molecule has 0 atom stereocenters. The van der Waals surface area contributed by atoms with Crippen molar-refractivity contribution >= 4 is 43.4 Å². The summed E-state index contributed by atoms with van der Waals surface area (Å²) >= 11 is 0. The third-order valence-corrected chi connectivity index (χ3v) is 9.59. The van der Waals surface area contributed by atoms with Crippen LogP contribution in [0.5, 0.6) is 11.5 Å². The summed E-state index contributed by atoms with van der Waals surface area (Å²) in [7, 11) is 0. The molecule has 214 valence electrons. The van der Waals surface area contributed by atoms with Gasteiger partial charge in [-0.05, 0) is 57.3 Å². The van der Waals surface area contributed by atoms with Gasteiger partial charge in [0.15, 0.2) is 0 Å². The number of rotatable bonds is 3. The summed E-state index contributed by atoms with van der Waals surface area (Å²) in [6, 6.07) is 59.0. The second-order valence-electron chi connectivity index (χ2n) is 12.1. The first-order chi connectivity index (χ1) is 22.8. The number of nitrogens with zero attached hydrogens (tertiary/aromatic N) is 1. The number of fused-ring (bicyclic) bond motifs is 7. The molecule has 46 heavy (non-hydrogen) atoms. The molecule has 2 heterocycles. The van der Waals surface area contributed by atoms with Crippen molar-refractivity contribution in [3.05, 3.63) is 164 Å². The van der Waals surface area contributed by atoms with Crippen molar-refractivity contribution in [2.75, 3.05) is 0 Å². The molecule has 9 aromatic rings. The summed E-state index contributed by atoms with van der Waals surface area (Å²) in [5.74, 6) is 1.83. The van der Waals surface area contributed by atoms with Crippen LogP contribution in [0, 0.1) is 0 Å². The number of benzene rings is 8. The minimum Gasteiger partial charge on any atom is -0.456 e. The second-order valence-corrected chi connectivity index (χ2v) is 12.1. The van der Waals surface area contributed by atoms with E-state index in [2.05, 4.69) is 156 Å². The van der Waals surface area contributed by atoms with E-state index in [1.165, 1.54) is 71.2 Å². The van der Waals surface area contributed by atoms with Crippen LogP contribution in [0.2, 0.25) is 0 Å².